The van der Waals surface area contributed by atoms with Crippen molar-refractivity contribution in [3.8, 4) is 5.75 Å². The first-order chi connectivity index (χ1) is 10.2. The van der Waals surface area contributed by atoms with Crippen LogP contribution in [-0.4, -0.2) is 13.7 Å². The Morgan fingerprint density at radius 3 is 2.48 bits per heavy atom. The predicted molar refractivity (Wildman–Crippen MR) is 85.6 cm³/mol. The summed E-state index contributed by atoms with van der Waals surface area (Å²) in [5, 5.41) is 3.50. The van der Waals surface area contributed by atoms with Crippen LogP contribution in [0.25, 0.3) is 0 Å². The summed E-state index contributed by atoms with van der Waals surface area (Å²) in [6.07, 6.45) is 2.84. The third kappa shape index (κ3) is 4.64. The summed E-state index contributed by atoms with van der Waals surface area (Å²) in [6, 6.07) is 12.2. The molecule has 0 saturated heterocycles. The summed E-state index contributed by atoms with van der Waals surface area (Å²) < 4.78 is 10.7. The lowest BCUT2D eigenvalue weighted by atomic mass is 9.90. The second-order valence-corrected chi connectivity index (χ2v) is 5.68. The average Bonchev–Trinajstić information content (AvgIpc) is 3.01. The fourth-order valence-corrected chi connectivity index (χ4v) is 2.54. The zero-order valence-electron chi connectivity index (χ0n) is 13.1. The molecule has 3 nitrogen and oxygen atoms in total. The van der Waals surface area contributed by atoms with Crippen molar-refractivity contribution in [1.82, 2.24) is 5.32 Å². The number of benzene rings is 1. The van der Waals surface area contributed by atoms with Crippen LogP contribution < -0.4 is 10.1 Å². The van der Waals surface area contributed by atoms with Crippen LogP contribution in [0, 0.1) is 5.92 Å². The maximum Gasteiger partial charge on any atom is 0.118 e. The fourth-order valence-electron chi connectivity index (χ4n) is 2.54. The van der Waals surface area contributed by atoms with Crippen LogP contribution in [-0.2, 0) is 6.54 Å². The third-order valence-corrected chi connectivity index (χ3v) is 3.83. The first-order valence-electron chi connectivity index (χ1n) is 7.57. The zero-order valence-corrected chi connectivity index (χ0v) is 13.1. The highest BCUT2D eigenvalue weighted by molar-refractivity contribution is 5.26. The normalized spacial score (nSPS) is 12.6. The topological polar surface area (TPSA) is 34.4 Å². The Bertz CT molecular complexity index is 503. The molecular weight excluding hydrogens is 262 g/mol. The monoisotopic (exact) mass is 287 g/mol. The maximum atomic E-state index is 5.56. The van der Waals surface area contributed by atoms with E-state index in [-0.39, 0.29) is 0 Å². The molecule has 0 unspecified atom stereocenters. The molecule has 0 bridgehead atoms. The molecule has 0 fully saturated rings. The third-order valence-electron chi connectivity index (χ3n) is 3.83. The molecule has 1 heterocycles. The van der Waals surface area contributed by atoms with E-state index in [0.29, 0.717) is 11.8 Å². The highest BCUT2D eigenvalue weighted by Crippen LogP contribution is 2.27. The van der Waals surface area contributed by atoms with Gasteiger partial charge in [-0.25, -0.2) is 0 Å². The molecule has 21 heavy (non-hydrogen) atoms. The van der Waals surface area contributed by atoms with E-state index in [1.54, 1.807) is 13.4 Å². The molecule has 2 aromatic rings. The molecule has 3 heteroatoms. The van der Waals surface area contributed by atoms with E-state index < -0.39 is 0 Å². The van der Waals surface area contributed by atoms with Crippen molar-refractivity contribution in [2.24, 2.45) is 5.92 Å². The van der Waals surface area contributed by atoms with Crippen molar-refractivity contribution in [2.75, 3.05) is 13.7 Å². The van der Waals surface area contributed by atoms with Crippen LogP contribution in [0.1, 0.15) is 37.5 Å². The number of hydrogen-bond acceptors (Lipinski definition) is 3. The Morgan fingerprint density at radius 2 is 1.90 bits per heavy atom. The standard InChI is InChI=1S/C18H25NO2/c1-14(2)17(18-5-4-12-21-18)10-11-19-13-15-6-8-16(20-3)9-7-15/h4-9,12,14,17,19H,10-11,13H2,1-3H3/t17-/m0/s1. The van der Waals surface area contributed by atoms with Crippen molar-refractivity contribution in [3.63, 3.8) is 0 Å². The van der Waals surface area contributed by atoms with Crippen molar-refractivity contribution in [2.45, 2.75) is 32.7 Å². The minimum atomic E-state index is 0.475. The van der Waals surface area contributed by atoms with E-state index in [9.17, 15) is 0 Å². The van der Waals surface area contributed by atoms with Crippen molar-refractivity contribution < 1.29 is 9.15 Å². The van der Waals surface area contributed by atoms with Gasteiger partial charge in [0.1, 0.15) is 11.5 Å². The van der Waals surface area contributed by atoms with E-state index in [1.807, 2.05) is 18.2 Å². The molecule has 0 aliphatic rings. The molecule has 1 N–H and O–H groups in total. The van der Waals surface area contributed by atoms with Crippen LogP contribution >= 0.6 is 0 Å². The molecule has 0 radical (unpaired) electrons. The summed E-state index contributed by atoms with van der Waals surface area (Å²) in [4.78, 5) is 0. The average molecular weight is 287 g/mol. The van der Waals surface area contributed by atoms with Crippen LogP contribution in [0.2, 0.25) is 0 Å². The summed E-state index contributed by atoms with van der Waals surface area (Å²) in [5.74, 6) is 3.05. The van der Waals surface area contributed by atoms with E-state index in [1.165, 1.54) is 5.56 Å². The smallest absolute Gasteiger partial charge is 0.118 e. The second kappa shape index (κ2) is 7.89. The van der Waals surface area contributed by atoms with Crippen LogP contribution in [0.15, 0.2) is 47.1 Å². The van der Waals surface area contributed by atoms with Gasteiger partial charge in [0.2, 0.25) is 0 Å². The van der Waals surface area contributed by atoms with Gasteiger partial charge in [0.25, 0.3) is 0 Å². The molecule has 0 aliphatic carbocycles. The Labute approximate surface area is 127 Å². The summed E-state index contributed by atoms with van der Waals surface area (Å²) >= 11 is 0. The maximum absolute atomic E-state index is 5.56. The largest absolute Gasteiger partial charge is 0.497 e. The minimum absolute atomic E-state index is 0.475. The van der Waals surface area contributed by atoms with E-state index in [4.69, 9.17) is 9.15 Å². The molecule has 0 amide bonds. The van der Waals surface area contributed by atoms with Crippen molar-refractivity contribution in [3.05, 3.63) is 54.0 Å². The van der Waals surface area contributed by atoms with Gasteiger partial charge >= 0.3 is 0 Å². The van der Waals surface area contributed by atoms with Crippen molar-refractivity contribution >= 4 is 0 Å². The highest BCUT2D eigenvalue weighted by atomic mass is 16.5. The summed E-state index contributed by atoms with van der Waals surface area (Å²) in [5.41, 5.74) is 1.27. The number of nitrogens with one attached hydrogen (secondary N) is 1. The van der Waals surface area contributed by atoms with Gasteiger partial charge in [-0.15, -0.1) is 0 Å². The van der Waals surface area contributed by atoms with Crippen LogP contribution in [0.4, 0.5) is 0 Å². The molecule has 0 saturated carbocycles. The quantitative estimate of drug-likeness (QED) is 0.739. The van der Waals surface area contributed by atoms with Gasteiger partial charge in [-0.05, 0) is 48.7 Å². The van der Waals surface area contributed by atoms with Gasteiger partial charge in [-0.1, -0.05) is 26.0 Å². The summed E-state index contributed by atoms with van der Waals surface area (Å²) in [6.45, 7) is 6.36. The summed E-state index contributed by atoms with van der Waals surface area (Å²) in [7, 11) is 1.69. The molecule has 114 valence electrons. The minimum Gasteiger partial charge on any atom is -0.497 e. The lowest BCUT2D eigenvalue weighted by Gasteiger charge is -2.18. The molecular formula is C18H25NO2. The van der Waals surface area contributed by atoms with Gasteiger partial charge in [-0.2, -0.15) is 0 Å². The number of rotatable bonds is 8. The van der Waals surface area contributed by atoms with E-state index in [0.717, 1.165) is 31.0 Å². The van der Waals surface area contributed by atoms with Crippen molar-refractivity contribution in [1.29, 1.82) is 0 Å². The molecule has 0 spiro atoms. The SMILES string of the molecule is COc1ccc(CNCC[C@H](c2ccco2)C(C)C)cc1. The number of furan rings is 1. The molecule has 1 aromatic heterocycles. The Morgan fingerprint density at radius 1 is 1.14 bits per heavy atom. The fraction of sp³-hybridized carbons (Fsp3) is 0.444. The molecule has 2 rings (SSSR count). The number of ether oxygens (including phenoxy) is 1. The van der Waals surface area contributed by atoms with E-state index >= 15 is 0 Å². The Balaban J connectivity index is 1.77. The highest BCUT2D eigenvalue weighted by Gasteiger charge is 2.17. The van der Waals surface area contributed by atoms with Gasteiger partial charge in [-0.3, -0.25) is 0 Å². The molecule has 0 aliphatic heterocycles. The molecule has 1 atom stereocenters. The second-order valence-electron chi connectivity index (χ2n) is 5.68. The first kappa shape index (κ1) is 15.6. The molecule has 1 aromatic carbocycles. The van der Waals surface area contributed by atoms with Gasteiger partial charge in [0, 0.05) is 12.5 Å². The lowest BCUT2D eigenvalue weighted by molar-refractivity contribution is 0.372. The Hall–Kier alpha value is -1.74. The number of methoxy groups -OCH3 is 1. The lowest BCUT2D eigenvalue weighted by Crippen LogP contribution is -2.19. The van der Waals surface area contributed by atoms with Crippen LogP contribution in [0.3, 0.4) is 0 Å². The van der Waals surface area contributed by atoms with Gasteiger partial charge < -0.3 is 14.5 Å². The van der Waals surface area contributed by atoms with Gasteiger partial charge in [0.15, 0.2) is 0 Å². The number of hydrogen-bond donors (Lipinski definition) is 1. The predicted octanol–water partition coefficient (Wildman–Crippen LogP) is 4.21. The Kier molecular flexibility index (Phi) is 5.88. The zero-order chi connectivity index (χ0) is 15.1. The van der Waals surface area contributed by atoms with Gasteiger partial charge in [0.05, 0.1) is 13.4 Å². The first-order valence-corrected chi connectivity index (χ1v) is 7.57. The van der Waals surface area contributed by atoms with Crippen LogP contribution in [0.5, 0.6) is 5.75 Å². The van der Waals surface area contributed by atoms with E-state index in [2.05, 4.69) is 37.4 Å².